The molecule has 0 heterocycles. The first-order chi connectivity index (χ1) is 8.24. The Kier molecular flexibility index (Phi) is 4.21. The average Bonchev–Trinajstić information content (AvgIpc) is 2.34. The summed E-state index contributed by atoms with van der Waals surface area (Å²) >= 11 is 3.40. The minimum atomic E-state index is 0.713. The summed E-state index contributed by atoms with van der Waals surface area (Å²) in [6.07, 6.45) is 0.941. The third-order valence-electron chi connectivity index (χ3n) is 2.59. The van der Waals surface area contributed by atoms with Crippen LogP contribution >= 0.6 is 15.9 Å². The van der Waals surface area contributed by atoms with Crippen LogP contribution < -0.4 is 4.74 Å². The molecule has 0 N–H and O–H groups in total. The van der Waals surface area contributed by atoms with Gasteiger partial charge in [-0.2, -0.15) is 0 Å². The molecule has 0 amide bonds. The number of ether oxygens (including phenoxy) is 1. The third kappa shape index (κ3) is 3.90. The van der Waals surface area contributed by atoms with Crippen molar-refractivity contribution in [2.24, 2.45) is 0 Å². The van der Waals surface area contributed by atoms with Crippen LogP contribution in [0.25, 0.3) is 0 Å². The van der Waals surface area contributed by atoms with E-state index < -0.39 is 0 Å². The third-order valence-corrected chi connectivity index (χ3v) is 3.12. The normalized spacial score (nSPS) is 10.2. The van der Waals surface area contributed by atoms with Gasteiger partial charge in [-0.1, -0.05) is 45.8 Å². The first-order valence-corrected chi connectivity index (χ1v) is 6.47. The Hall–Kier alpha value is -1.28. The van der Waals surface area contributed by atoms with E-state index in [1.165, 1.54) is 11.1 Å². The highest BCUT2D eigenvalue weighted by Crippen LogP contribution is 2.16. The molecule has 88 valence electrons. The molecule has 0 aliphatic carbocycles. The van der Waals surface area contributed by atoms with E-state index in [0.29, 0.717) is 6.61 Å². The van der Waals surface area contributed by atoms with Gasteiger partial charge in [0, 0.05) is 10.9 Å². The molecule has 1 nitrogen and oxygen atoms in total. The maximum absolute atomic E-state index is 5.67. The Morgan fingerprint density at radius 3 is 2.24 bits per heavy atom. The summed E-state index contributed by atoms with van der Waals surface area (Å²) in [5, 5.41) is 0. The van der Waals surface area contributed by atoms with Crippen LogP contribution in [-0.2, 0) is 6.42 Å². The van der Waals surface area contributed by atoms with Crippen LogP contribution in [-0.4, -0.2) is 6.61 Å². The van der Waals surface area contributed by atoms with Crippen LogP contribution in [0.15, 0.2) is 53.0 Å². The lowest BCUT2D eigenvalue weighted by Crippen LogP contribution is -2.01. The van der Waals surface area contributed by atoms with Gasteiger partial charge in [0.05, 0.1) is 6.61 Å². The maximum Gasteiger partial charge on any atom is 0.119 e. The summed E-state index contributed by atoms with van der Waals surface area (Å²) < 4.78 is 6.75. The second kappa shape index (κ2) is 5.87. The predicted octanol–water partition coefficient (Wildman–Crippen LogP) is 4.38. The summed E-state index contributed by atoms with van der Waals surface area (Å²) in [6, 6.07) is 16.5. The quantitative estimate of drug-likeness (QED) is 0.812. The van der Waals surface area contributed by atoms with Gasteiger partial charge in [-0.05, 0) is 36.8 Å². The van der Waals surface area contributed by atoms with Crippen molar-refractivity contribution in [3.63, 3.8) is 0 Å². The van der Waals surface area contributed by atoms with Crippen molar-refractivity contribution in [3.8, 4) is 5.75 Å². The number of benzene rings is 2. The summed E-state index contributed by atoms with van der Waals surface area (Å²) in [5.74, 6) is 0.917. The van der Waals surface area contributed by atoms with Gasteiger partial charge < -0.3 is 4.74 Å². The molecule has 0 aliphatic rings. The van der Waals surface area contributed by atoms with E-state index in [4.69, 9.17) is 4.74 Å². The Bertz CT molecular complexity index is 414. The fourth-order valence-corrected chi connectivity index (χ4v) is 1.84. The fourth-order valence-electron chi connectivity index (χ4n) is 1.57. The molecule has 0 unspecified atom stereocenters. The molecule has 2 heteroatoms. The molecule has 0 aliphatic heterocycles. The van der Waals surface area contributed by atoms with Crippen LogP contribution in [0.1, 0.15) is 11.1 Å². The lowest BCUT2D eigenvalue weighted by atomic mass is 10.1. The van der Waals surface area contributed by atoms with Crippen molar-refractivity contribution in [2.45, 2.75) is 13.3 Å². The average molecular weight is 291 g/mol. The highest BCUT2D eigenvalue weighted by molar-refractivity contribution is 9.10. The topological polar surface area (TPSA) is 9.23 Å². The summed E-state index contributed by atoms with van der Waals surface area (Å²) in [4.78, 5) is 0. The molecule has 2 aromatic rings. The van der Waals surface area contributed by atoms with Crippen LogP contribution in [0.5, 0.6) is 5.75 Å². The molecule has 2 rings (SSSR count). The molecular formula is C15H15BrO. The van der Waals surface area contributed by atoms with E-state index in [2.05, 4.69) is 47.1 Å². The zero-order valence-electron chi connectivity index (χ0n) is 9.82. The SMILES string of the molecule is Cc1ccc(CCOc2ccc(Br)cc2)cc1. The largest absolute Gasteiger partial charge is 0.493 e. The highest BCUT2D eigenvalue weighted by Gasteiger charge is 1.95. The predicted molar refractivity (Wildman–Crippen MR) is 74.5 cm³/mol. The van der Waals surface area contributed by atoms with Crippen molar-refractivity contribution >= 4 is 15.9 Å². The molecule has 0 saturated carbocycles. The molecule has 0 spiro atoms. The van der Waals surface area contributed by atoms with Gasteiger partial charge >= 0.3 is 0 Å². The fraction of sp³-hybridized carbons (Fsp3) is 0.200. The Morgan fingerprint density at radius 2 is 1.59 bits per heavy atom. The molecule has 0 aromatic heterocycles. The van der Waals surface area contributed by atoms with Crippen LogP contribution in [0.2, 0.25) is 0 Å². The summed E-state index contributed by atoms with van der Waals surface area (Å²) in [6.45, 7) is 2.81. The lowest BCUT2D eigenvalue weighted by molar-refractivity contribution is 0.322. The molecule has 0 radical (unpaired) electrons. The van der Waals surface area contributed by atoms with Crippen LogP contribution in [0.4, 0.5) is 0 Å². The van der Waals surface area contributed by atoms with Crippen molar-refractivity contribution in [1.29, 1.82) is 0 Å². The first kappa shape index (κ1) is 12.2. The van der Waals surface area contributed by atoms with E-state index in [1.807, 2.05) is 24.3 Å². The van der Waals surface area contributed by atoms with E-state index in [9.17, 15) is 0 Å². The minimum absolute atomic E-state index is 0.713. The molecule has 0 fully saturated rings. The second-order valence-corrected chi connectivity index (χ2v) is 4.95. The molecular weight excluding hydrogens is 276 g/mol. The van der Waals surface area contributed by atoms with Gasteiger partial charge in [0.15, 0.2) is 0 Å². The van der Waals surface area contributed by atoms with Crippen molar-refractivity contribution in [3.05, 3.63) is 64.1 Å². The smallest absolute Gasteiger partial charge is 0.119 e. The van der Waals surface area contributed by atoms with Crippen LogP contribution in [0.3, 0.4) is 0 Å². The molecule has 0 atom stereocenters. The second-order valence-electron chi connectivity index (χ2n) is 4.04. The monoisotopic (exact) mass is 290 g/mol. The van der Waals surface area contributed by atoms with Gasteiger partial charge in [0.1, 0.15) is 5.75 Å². The van der Waals surface area contributed by atoms with E-state index in [-0.39, 0.29) is 0 Å². The van der Waals surface area contributed by atoms with Gasteiger partial charge in [-0.3, -0.25) is 0 Å². The Balaban J connectivity index is 1.83. The molecule has 17 heavy (non-hydrogen) atoms. The van der Waals surface area contributed by atoms with Gasteiger partial charge in [0.25, 0.3) is 0 Å². The van der Waals surface area contributed by atoms with E-state index in [1.54, 1.807) is 0 Å². The van der Waals surface area contributed by atoms with Crippen molar-refractivity contribution < 1.29 is 4.74 Å². The number of aryl methyl sites for hydroxylation is 1. The van der Waals surface area contributed by atoms with Crippen molar-refractivity contribution in [1.82, 2.24) is 0 Å². The van der Waals surface area contributed by atoms with E-state index >= 15 is 0 Å². The van der Waals surface area contributed by atoms with Crippen LogP contribution in [0, 0.1) is 6.92 Å². The first-order valence-electron chi connectivity index (χ1n) is 5.68. The molecule has 0 bridgehead atoms. The number of hydrogen-bond acceptors (Lipinski definition) is 1. The standard InChI is InChI=1S/C15H15BrO/c1-12-2-4-13(5-3-12)10-11-17-15-8-6-14(16)7-9-15/h2-9H,10-11H2,1H3. The summed E-state index contributed by atoms with van der Waals surface area (Å²) in [7, 11) is 0. The zero-order valence-corrected chi connectivity index (χ0v) is 11.4. The minimum Gasteiger partial charge on any atom is -0.493 e. The molecule has 2 aromatic carbocycles. The van der Waals surface area contributed by atoms with Gasteiger partial charge in [-0.15, -0.1) is 0 Å². The van der Waals surface area contributed by atoms with Gasteiger partial charge in [0.2, 0.25) is 0 Å². The van der Waals surface area contributed by atoms with Crippen molar-refractivity contribution in [2.75, 3.05) is 6.61 Å². The highest BCUT2D eigenvalue weighted by atomic mass is 79.9. The van der Waals surface area contributed by atoms with E-state index in [0.717, 1.165) is 16.6 Å². The zero-order chi connectivity index (χ0) is 12.1. The maximum atomic E-state index is 5.67. The number of hydrogen-bond donors (Lipinski definition) is 0. The number of rotatable bonds is 4. The van der Waals surface area contributed by atoms with Gasteiger partial charge in [-0.25, -0.2) is 0 Å². The molecule has 0 saturated heterocycles. The number of halogens is 1. The Morgan fingerprint density at radius 1 is 0.941 bits per heavy atom. The lowest BCUT2D eigenvalue weighted by Gasteiger charge is -2.06. The summed E-state index contributed by atoms with van der Waals surface area (Å²) in [5.41, 5.74) is 2.61. The Labute approximate surface area is 111 Å².